The highest BCUT2D eigenvalue weighted by molar-refractivity contribution is 9.10. The molecule has 0 bridgehead atoms. The van der Waals surface area contributed by atoms with Crippen molar-refractivity contribution < 1.29 is 0 Å². The number of aromatic amines is 1. The third-order valence-corrected chi connectivity index (χ3v) is 4.09. The van der Waals surface area contributed by atoms with Crippen molar-refractivity contribution in [2.24, 2.45) is 0 Å². The second-order valence-electron chi connectivity index (χ2n) is 4.70. The Morgan fingerprint density at radius 2 is 2.15 bits per heavy atom. The number of hydrogen-bond acceptors (Lipinski definition) is 4. The van der Waals surface area contributed by atoms with Gasteiger partial charge in [0.25, 0.3) is 0 Å². The van der Waals surface area contributed by atoms with Gasteiger partial charge in [0.15, 0.2) is 5.82 Å². The maximum absolute atomic E-state index is 6.24. The Labute approximate surface area is 130 Å². The zero-order chi connectivity index (χ0) is 13.9. The molecule has 0 radical (unpaired) electrons. The van der Waals surface area contributed by atoms with E-state index in [1.807, 2.05) is 18.2 Å². The smallest absolute Gasteiger partial charge is 0.245 e. The molecule has 0 aliphatic carbocycles. The molecule has 1 aliphatic heterocycles. The fourth-order valence-electron chi connectivity index (χ4n) is 2.24. The monoisotopic (exact) mass is 355 g/mol. The highest BCUT2D eigenvalue weighted by Gasteiger charge is 2.16. The molecular formula is C13H15BrClN5. The van der Waals surface area contributed by atoms with E-state index in [4.69, 9.17) is 11.6 Å². The first-order valence-electron chi connectivity index (χ1n) is 6.57. The molecule has 0 atom stereocenters. The van der Waals surface area contributed by atoms with Crippen LogP contribution in [0.25, 0.3) is 11.4 Å². The van der Waals surface area contributed by atoms with Crippen molar-refractivity contribution in [2.75, 3.05) is 31.1 Å². The first kappa shape index (κ1) is 13.9. The minimum Gasteiger partial charge on any atom is -0.338 e. The highest BCUT2D eigenvalue weighted by atomic mass is 79.9. The molecule has 2 aromatic rings. The molecule has 1 fully saturated rings. The van der Waals surface area contributed by atoms with Crippen LogP contribution < -0.4 is 10.2 Å². The number of hydrogen-bond donors (Lipinski definition) is 2. The molecule has 5 nitrogen and oxygen atoms in total. The highest BCUT2D eigenvalue weighted by Crippen LogP contribution is 2.29. The fraction of sp³-hybridized carbons (Fsp3) is 0.385. The summed E-state index contributed by atoms with van der Waals surface area (Å²) in [4.78, 5) is 6.76. The molecular weight excluding hydrogens is 342 g/mol. The summed E-state index contributed by atoms with van der Waals surface area (Å²) in [6, 6.07) is 5.73. The second kappa shape index (κ2) is 6.11. The number of anilines is 1. The summed E-state index contributed by atoms with van der Waals surface area (Å²) in [5.41, 5.74) is 0.863. The summed E-state index contributed by atoms with van der Waals surface area (Å²) in [5.74, 6) is 1.44. The minimum absolute atomic E-state index is 0.652. The Hall–Kier alpha value is -1.11. The molecule has 106 valence electrons. The van der Waals surface area contributed by atoms with Gasteiger partial charge in [-0.1, -0.05) is 27.5 Å². The number of benzene rings is 1. The van der Waals surface area contributed by atoms with Gasteiger partial charge in [-0.2, -0.15) is 4.98 Å². The number of H-pyrrole nitrogens is 1. The maximum Gasteiger partial charge on any atom is 0.245 e. The van der Waals surface area contributed by atoms with Crippen LogP contribution in [0.15, 0.2) is 22.7 Å². The summed E-state index contributed by atoms with van der Waals surface area (Å²) >= 11 is 9.64. The number of halogens is 2. The van der Waals surface area contributed by atoms with Crippen LogP contribution in [-0.4, -0.2) is 41.4 Å². The van der Waals surface area contributed by atoms with E-state index in [1.54, 1.807) is 0 Å². The molecule has 7 heteroatoms. The van der Waals surface area contributed by atoms with Crippen LogP contribution in [0.2, 0.25) is 5.02 Å². The van der Waals surface area contributed by atoms with Crippen LogP contribution in [-0.2, 0) is 0 Å². The van der Waals surface area contributed by atoms with Gasteiger partial charge in [0, 0.05) is 29.7 Å². The summed E-state index contributed by atoms with van der Waals surface area (Å²) in [5, 5.41) is 11.3. The predicted octanol–water partition coefficient (Wildman–Crippen LogP) is 2.69. The fourth-order valence-corrected chi connectivity index (χ4v) is 3.01. The van der Waals surface area contributed by atoms with Gasteiger partial charge in [0.1, 0.15) is 0 Å². The summed E-state index contributed by atoms with van der Waals surface area (Å²) in [7, 11) is 0. The summed E-state index contributed by atoms with van der Waals surface area (Å²) in [6.07, 6.45) is 1.10. The molecule has 1 aliphatic rings. The van der Waals surface area contributed by atoms with E-state index in [0.717, 1.165) is 48.6 Å². The van der Waals surface area contributed by atoms with Crippen molar-refractivity contribution in [2.45, 2.75) is 6.42 Å². The van der Waals surface area contributed by atoms with Gasteiger partial charge in [-0.15, -0.1) is 5.10 Å². The topological polar surface area (TPSA) is 56.8 Å². The van der Waals surface area contributed by atoms with Crippen molar-refractivity contribution >= 4 is 33.5 Å². The molecule has 0 amide bonds. The van der Waals surface area contributed by atoms with Crippen LogP contribution in [0.5, 0.6) is 0 Å². The Morgan fingerprint density at radius 3 is 3.00 bits per heavy atom. The van der Waals surface area contributed by atoms with Gasteiger partial charge in [-0.3, -0.25) is 5.10 Å². The lowest BCUT2D eigenvalue weighted by Gasteiger charge is -2.16. The zero-order valence-electron chi connectivity index (χ0n) is 10.9. The van der Waals surface area contributed by atoms with E-state index in [2.05, 4.69) is 41.3 Å². The van der Waals surface area contributed by atoms with E-state index < -0.39 is 0 Å². The van der Waals surface area contributed by atoms with Crippen molar-refractivity contribution in [1.29, 1.82) is 0 Å². The van der Waals surface area contributed by atoms with E-state index in [9.17, 15) is 0 Å². The number of aromatic nitrogens is 3. The first-order chi connectivity index (χ1) is 9.74. The average molecular weight is 357 g/mol. The third kappa shape index (κ3) is 2.97. The lowest BCUT2D eigenvalue weighted by Crippen LogP contribution is -2.28. The Kier molecular flexibility index (Phi) is 4.24. The molecule has 0 spiro atoms. The third-order valence-electron chi connectivity index (χ3n) is 3.28. The molecule has 2 N–H and O–H groups in total. The lowest BCUT2D eigenvalue weighted by atomic mass is 10.2. The van der Waals surface area contributed by atoms with Gasteiger partial charge in [0.05, 0.1) is 5.02 Å². The Balaban J connectivity index is 1.85. The van der Waals surface area contributed by atoms with Crippen LogP contribution in [0.4, 0.5) is 5.95 Å². The molecule has 3 rings (SSSR count). The van der Waals surface area contributed by atoms with Crippen molar-refractivity contribution in [3.05, 3.63) is 27.7 Å². The number of rotatable bonds is 2. The first-order valence-corrected chi connectivity index (χ1v) is 7.74. The largest absolute Gasteiger partial charge is 0.338 e. The van der Waals surface area contributed by atoms with Crippen LogP contribution in [0.1, 0.15) is 6.42 Å². The van der Waals surface area contributed by atoms with Crippen LogP contribution >= 0.6 is 27.5 Å². The number of nitrogens with one attached hydrogen (secondary N) is 2. The van der Waals surface area contributed by atoms with E-state index >= 15 is 0 Å². The van der Waals surface area contributed by atoms with E-state index in [1.165, 1.54) is 0 Å². The Morgan fingerprint density at radius 1 is 1.25 bits per heavy atom. The maximum atomic E-state index is 6.24. The van der Waals surface area contributed by atoms with Crippen LogP contribution in [0.3, 0.4) is 0 Å². The molecule has 20 heavy (non-hydrogen) atoms. The van der Waals surface area contributed by atoms with Crippen molar-refractivity contribution in [3.63, 3.8) is 0 Å². The Bertz CT molecular complexity index is 592. The van der Waals surface area contributed by atoms with Crippen molar-refractivity contribution in [1.82, 2.24) is 20.5 Å². The zero-order valence-corrected chi connectivity index (χ0v) is 13.2. The van der Waals surface area contributed by atoms with Crippen LogP contribution in [0, 0.1) is 0 Å². The van der Waals surface area contributed by atoms with Gasteiger partial charge in [-0.05, 0) is 31.2 Å². The quantitative estimate of drug-likeness (QED) is 0.868. The normalized spacial score (nSPS) is 16.2. The van der Waals surface area contributed by atoms with Gasteiger partial charge in [-0.25, -0.2) is 0 Å². The SMILES string of the molecule is Clc1cc(Br)ccc1-c1nc(N2CCCNCC2)n[nH]1. The average Bonchev–Trinajstić information content (AvgIpc) is 2.74. The second-order valence-corrected chi connectivity index (χ2v) is 6.02. The minimum atomic E-state index is 0.652. The molecule has 1 aromatic carbocycles. The molecule has 0 saturated carbocycles. The van der Waals surface area contributed by atoms with E-state index in [0.29, 0.717) is 10.8 Å². The van der Waals surface area contributed by atoms with Gasteiger partial charge < -0.3 is 10.2 Å². The number of nitrogens with zero attached hydrogens (tertiary/aromatic N) is 3. The van der Waals surface area contributed by atoms with Gasteiger partial charge in [0.2, 0.25) is 5.95 Å². The summed E-state index contributed by atoms with van der Waals surface area (Å²) in [6.45, 7) is 3.90. The standard InChI is InChI=1S/C13H15BrClN5/c14-9-2-3-10(11(15)8-9)12-17-13(19-18-12)20-6-1-4-16-5-7-20/h2-3,8,16H,1,4-7H2,(H,17,18,19). The van der Waals surface area contributed by atoms with Crippen molar-refractivity contribution in [3.8, 4) is 11.4 Å². The summed E-state index contributed by atoms with van der Waals surface area (Å²) < 4.78 is 0.949. The molecule has 0 unspecified atom stereocenters. The molecule has 1 aromatic heterocycles. The van der Waals surface area contributed by atoms with E-state index in [-0.39, 0.29) is 0 Å². The molecule has 1 saturated heterocycles. The molecule has 2 heterocycles. The lowest BCUT2D eigenvalue weighted by molar-refractivity contribution is 0.724. The van der Waals surface area contributed by atoms with Gasteiger partial charge >= 0.3 is 0 Å². The predicted molar refractivity (Wildman–Crippen MR) is 84.2 cm³/mol.